The summed E-state index contributed by atoms with van der Waals surface area (Å²) < 4.78 is 2.45. The molecule has 67 heavy (non-hydrogen) atoms. The Morgan fingerprint density at radius 3 is 1.57 bits per heavy atom. The smallest absolute Gasteiger partial charge is 0.0541 e. The molecule has 0 atom stereocenters. The molecule has 0 amide bonds. The Morgan fingerprint density at radius 1 is 0.284 bits per heavy atom. The van der Waals surface area contributed by atoms with Gasteiger partial charge >= 0.3 is 0 Å². The van der Waals surface area contributed by atoms with Crippen LogP contribution in [-0.2, 0) is 6.42 Å². The van der Waals surface area contributed by atoms with Crippen LogP contribution in [0.3, 0.4) is 0 Å². The van der Waals surface area contributed by atoms with Crippen molar-refractivity contribution in [3.05, 3.63) is 266 Å². The summed E-state index contributed by atoms with van der Waals surface area (Å²) in [5, 5.41) is 5.00. The molecule has 12 aromatic rings. The highest BCUT2D eigenvalue weighted by Gasteiger charge is 2.23. The minimum Gasteiger partial charge on any atom is -0.310 e. The molecule has 0 fully saturated rings. The number of hydrogen-bond acceptors (Lipinski definition) is 1. The molecule has 314 valence electrons. The highest BCUT2D eigenvalue weighted by molar-refractivity contribution is 6.10. The summed E-state index contributed by atoms with van der Waals surface area (Å²) in [4.78, 5) is 2.41. The maximum atomic E-state index is 2.45. The van der Waals surface area contributed by atoms with E-state index in [-0.39, 0.29) is 0 Å². The normalized spacial score (nSPS) is 11.8. The molecule has 0 saturated heterocycles. The topological polar surface area (TPSA) is 8.17 Å². The van der Waals surface area contributed by atoms with E-state index in [0.29, 0.717) is 0 Å². The Bertz CT molecular complexity index is 3760. The molecule has 11 aromatic carbocycles. The van der Waals surface area contributed by atoms with Crippen LogP contribution in [0.15, 0.2) is 255 Å². The van der Waals surface area contributed by atoms with Crippen LogP contribution in [0.4, 0.5) is 17.1 Å². The van der Waals surface area contributed by atoms with Crippen molar-refractivity contribution in [2.45, 2.75) is 6.42 Å². The van der Waals surface area contributed by atoms with Crippen molar-refractivity contribution < 1.29 is 0 Å². The fourth-order valence-corrected chi connectivity index (χ4v) is 10.7. The molecular weight excluding hydrogens is 809 g/mol. The van der Waals surface area contributed by atoms with Crippen LogP contribution in [0.1, 0.15) is 11.1 Å². The van der Waals surface area contributed by atoms with Gasteiger partial charge in [-0.3, -0.25) is 0 Å². The maximum Gasteiger partial charge on any atom is 0.0541 e. The van der Waals surface area contributed by atoms with Crippen LogP contribution < -0.4 is 4.90 Å². The van der Waals surface area contributed by atoms with Crippen molar-refractivity contribution in [3.63, 3.8) is 0 Å². The molecule has 2 nitrogen and oxygen atoms in total. The van der Waals surface area contributed by atoms with E-state index < -0.39 is 0 Å². The standard InChI is InChI=1S/C65H44N2/c1-2-15-44(16-3-1)45-29-34-51(35-30-45)66(52-36-31-47(32-37-52)55-25-14-19-46-17-4-6-20-54(46)55)53-38-40-58(62(43-53)49-33-39-57-50(42-49)41-48-18-5-7-21-56(48)57)59-22-8-11-26-63(59)67-64-27-12-9-23-60(64)61-24-10-13-28-65(61)67/h1-40,42-43H,41H2. The Balaban J connectivity index is 1.01. The van der Waals surface area contributed by atoms with Crippen molar-refractivity contribution in [1.82, 2.24) is 4.57 Å². The molecule has 1 aliphatic rings. The number of nitrogens with zero attached hydrogens (tertiary/aromatic N) is 2. The number of fused-ring (bicyclic) bond motifs is 7. The second-order valence-electron chi connectivity index (χ2n) is 17.6. The summed E-state index contributed by atoms with van der Waals surface area (Å²) in [6, 6.07) is 93.6. The molecule has 0 unspecified atom stereocenters. The number of benzene rings is 11. The monoisotopic (exact) mass is 852 g/mol. The van der Waals surface area contributed by atoms with Gasteiger partial charge in [-0.1, -0.05) is 200 Å². The Morgan fingerprint density at radius 2 is 0.806 bits per heavy atom. The fraction of sp³-hybridized carbons (Fsp3) is 0.0154. The molecule has 2 heteroatoms. The van der Waals surface area contributed by atoms with Gasteiger partial charge in [0.2, 0.25) is 0 Å². The second-order valence-corrected chi connectivity index (χ2v) is 17.6. The first kappa shape index (κ1) is 38.7. The van der Waals surface area contributed by atoms with Crippen LogP contribution in [0.5, 0.6) is 0 Å². The first-order chi connectivity index (χ1) is 33.2. The van der Waals surface area contributed by atoms with Crippen molar-refractivity contribution in [2.24, 2.45) is 0 Å². The Kier molecular flexibility index (Phi) is 9.28. The Hall–Kier alpha value is -8.72. The van der Waals surface area contributed by atoms with Crippen LogP contribution in [0.2, 0.25) is 0 Å². The molecule has 0 aliphatic heterocycles. The number of rotatable bonds is 8. The van der Waals surface area contributed by atoms with Gasteiger partial charge in [0.15, 0.2) is 0 Å². The third-order valence-electron chi connectivity index (χ3n) is 13.8. The molecule has 1 aliphatic carbocycles. The first-order valence-electron chi connectivity index (χ1n) is 23.2. The molecule has 1 aromatic heterocycles. The van der Waals surface area contributed by atoms with Gasteiger partial charge in [-0.15, -0.1) is 0 Å². The SMILES string of the molecule is c1ccc(-c2ccc(N(c3ccc(-c4cccc5ccccc45)cc3)c3ccc(-c4ccccc4-n4c5ccccc5c5ccccc54)c(-c4ccc5c(c4)Cc4ccccc4-5)c3)cc2)cc1. The predicted octanol–water partition coefficient (Wildman–Crippen LogP) is 17.6. The van der Waals surface area contributed by atoms with Crippen molar-refractivity contribution >= 4 is 49.6 Å². The molecular formula is C65H44N2. The summed E-state index contributed by atoms with van der Waals surface area (Å²) in [5.74, 6) is 0. The molecule has 1 heterocycles. The van der Waals surface area contributed by atoms with Gasteiger partial charge in [0.1, 0.15) is 0 Å². The van der Waals surface area contributed by atoms with Crippen LogP contribution >= 0.6 is 0 Å². The third kappa shape index (κ3) is 6.65. The molecule has 13 rings (SSSR count). The van der Waals surface area contributed by atoms with E-state index in [4.69, 9.17) is 0 Å². The summed E-state index contributed by atoms with van der Waals surface area (Å²) in [7, 11) is 0. The van der Waals surface area contributed by atoms with Crippen LogP contribution in [-0.4, -0.2) is 4.57 Å². The lowest BCUT2D eigenvalue weighted by Crippen LogP contribution is -2.10. The van der Waals surface area contributed by atoms with Gasteiger partial charge < -0.3 is 9.47 Å². The second kappa shape index (κ2) is 16.1. The number of para-hydroxylation sites is 3. The zero-order valence-electron chi connectivity index (χ0n) is 36.9. The van der Waals surface area contributed by atoms with E-state index in [0.717, 1.165) is 29.2 Å². The van der Waals surface area contributed by atoms with Crippen LogP contribution in [0.25, 0.3) is 93.9 Å². The average Bonchev–Trinajstić information content (AvgIpc) is 3.95. The van der Waals surface area contributed by atoms with Gasteiger partial charge in [0.25, 0.3) is 0 Å². The zero-order valence-corrected chi connectivity index (χ0v) is 36.9. The van der Waals surface area contributed by atoms with Gasteiger partial charge in [0.05, 0.1) is 16.7 Å². The van der Waals surface area contributed by atoms with Gasteiger partial charge in [-0.25, -0.2) is 0 Å². The quantitative estimate of drug-likeness (QED) is 0.148. The highest BCUT2D eigenvalue weighted by atomic mass is 15.1. The third-order valence-corrected chi connectivity index (χ3v) is 13.8. The van der Waals surface area contributed by atoms with E-state index in [1.807, 2.05) is 0 Å². The van der Waals surface area contributed by atoms with E-state index in [1.165, 1.54) is 99.3 Å². The summed E-state index contributed by atoms with van der Waals surface area (Å²) in [6.45, 7) is 0. The minimum atomic E-state index is 0.926. The molecule has 0 radical (unpaired) electrons. The fourth-order valence-electron chi connectivity index (χ4n) is 10.7. The number of aromatic nitrogens is 1. The van der Waals surface area contributed by atoms with Gasteiger partial charge in [-0.2, -0.15) is 0 Å². The lowest BCUT2D eigenvalue weighted by atomic mass is 9.90. The van der Waals surface area contributed by atoms with Crippen molar-refractivity contribution in [1.29, 1.82) is 0 Å². The average molecular weight is 853 g/mol. The molecule has 0 spiro atoms. The summed E-state index contributed by atoms with van der Waals surface area (Å²) in [5.41, 5.74) is 21.8. The maximum absolute atomic E-state index is 2.45. The first-order valence-corrected chi connectivity index (χ1v) is 23.2. The number of hydrogen-bond donors (Lipinski definition) is 0. The zero-order chi connectivity index (χ0) is 44.3. The molecule has 0 bridgehead atoms. The van der Waals surface area contributed by atoms with Crippen molar-refractivity contribution in [3.8, 4) is 61.3 Å². The highest BCUT2D eigenvalue weighted by Crippen LogP contribution is 2.46. The molecule has 0 N–H and O–H groups in total. The summed E-state index contributed by atoms with van der Waals surface area (Å²) in [6.07, 6.45) is 0.926. The van der Waals surface area contributed by atoms with E-state index in [9.17, 15) is 0 Å². The lowest BCUT2D eigenvalue weighted by Gasteiger charge is -2.27. The van der Waals surface area contributed by atoms with Gasteiger partial charge in [0, 0.05) is 33.4 Å². The van der Waals surface area contributed by atoms with E-state index >= 15 is 0 Å². The largest absolute Gasteiger partial charge is 0.310 e. The van der Waals surface area contributed by atoms with Gasteiger partial charge in [-0.05, 0) is 133 Å². The van der Waals surface area contributed by atoms with E-state index in [1.54, 1.807) is 0 Å². The van der Waals surface area contributed by atoms with E-state index in [2.05, 4.69) is 264 Å². The predicted molar refractivity (Wildman–Crippen MR) is 283 cm³/mol. The molecule has 0 saturated carbocycles. The van der Waals surface area contributed by atoms with Crippen LogP contribution in [0, 0.1) is 0 Å². The lowest BCUT2D eigenvalue weighted by molar-refractivity contribution is 1.18. The summed E-state index contributed by atoms with van der Waals surface area (Å²) >= 11 is 0. The Labute approximate surface area is 390 Å². The van der Waals surface area contributed by atoms with Crippen molar-refractivity contribution in [2.75, 3.05) is 4.90 Å². The number of anilines is 3. The minimum absolute atomic E-state index is 0.926.